The highest BCUT2D eigenvalue weighted by Gasteiger charge is 2.20. The van der Waals surface area contributed by atoms with E-state index in [1.165, 1.54) is 19.5 Å². The maximum Gasteiger partial charge on any atom is 0.244 e. The summed E-state index contributed by atoms with van der Waals surface area (Å²) < 4.78 is 1.15. The van der Waals surface area contributed by atoms with Gasteiger partial charge in [-0.25, -0.2) is 4.98 Å². The van der Waals surface area contributed by atoms with Crippen LogP contribution in [0.25, 0.3) is 16.3 Å². The van der Waals surface area contributed by atoms with Crippen molar-refractivity contribution >= 4 is 33.5 Å². The first-order valence-electron chi connectivity index (χ1n) is 9.14. The largest absolute Gasteiger partial charge is 0.353 e. The zero-order chi connectivity index (χ0) is 17.6. The molecule has 0 saturated carbocycles. The van der Waals surface area contributed by atoms with Gasteiger partial charge in [0.1, 0.15) is 5.01 Å². The minimum atomic E-state index is -0.0420. The fourth-order valence-electron chi connectivity index (χ4n) is 3.66. The number of likely N-dealkylation sites (tertiary alicyclic amines) is 1. The number of rotatable bonds is 6. The van der Waals surface area contributed by atoms with Crippen LogP contribution in [0.4, 0.5) is 0 Å². The standard InChI is InChI=1S/C20H27N3OS/c1-15-12-16(2)14-23(13-15)11-5-10-21-19(24)8-9-20-22-17-6-3-4-7-18(17)25-20/h3-4,6-9,15-16H,5,10-14H2,1-2H3,(H,21,24)/b9-8+. The summed E-state index contributed by atoms with van der Waals surface area (Å²) in [5, 5.41) is 3.84. The summed E-state index contributed by atoms with van der Waals surface area (Å²) in [6, 6.07) is 8.02. The summed E-state index contributed by atoms with van der Waals surface area (Å²) in [7, 11) is 0. The Morgan fingerprint density at radius 2 is 2.08 bits per heavy atom. The highest BCUT2D eigenvalue weighted by Crippen LogP contribution is 2.22. The van der Waals surface area contributed by atoms with Gasteiger partial charge in [0.15, 0.2) is 0 Å². The van der Waals surface area contributed by atoms with Gasteiger partial charge >= 0.3 is 0 Å². The van der Waals surface area contributed by atoms with E-state index in [0.29, 0.717) is 0 Å². The lowest BCUT2D eigenvalue weighted by Gasteiger charge is -2.34. The zero-order valence-corrected chi connectivity index (χ0v) is 15.9. The molecule has 1 N–H and O–H groups in total. The number of amides is 1. The topological polar surface area (TPSA) is 45.2 Å². The molecule has 1 amide bonds. The number of piperidine rings is 1. The minimum absolute atomic E-state index is 0.0420. The fraction of sp³-hybridized carbons (Fsp3) is 0.500. The number of aromatic nitrogens is 1. The number of carbonyl (C=O) groups excluding carboxylic acids is 1. The Morgan fingerprint density at radius 3 is 2.84 bits per heavy atom. The molecule has 1 saturated heterocycles. The van der Waals surface area contributed by atoms with Gasteiger partial charge < -0.3 is 10.2 Å². The summed E-state index contributed by atoms with van der Waals surface area (Å²) in [6.07, 6.45) is 5.72. The average molecular weight is 358 g/mol. The number of benzene rings is 1. The van der Waals surface area contributed by atoms with Crippen LogP contribution in [-0.4, -0.2) is 42.0 Å². The lowest BCUT2D eigenvalue weighted by atomic mass is 9.92. The Morgan fingerprint density at radius 1 is 1.32 bits per heavy atom. The van der Waals surface area contributed by atoms with Crippen LogP contribution in [0.15, 0.2) is 30.3 Å². The third-order valence-electron chi connectivity index (χ3n) is 4.58. The molecule has 4 nitrogen and oxygen atoms in total. The predicted molar refractivity (Wildman–Crippen MR) is 106 cm³/mol. The van der Waals surface area contributed by atoms with E-state index in [4.69, 9.17) is 0 Å². The van der Waals surface area contributed by atoms with Gasteiger partial charge in [-0.1, -0.05) is 26.0 Å². The highest BCUT2D eigenvalue weighted by atomic mass is 32.1. The number of fused-ring (bicyclic) bond motifs is 1. The van der Waals surface area contributed by atoms with E-state index in [1.807, 2.05) is 24.3 Å². The van der Waals surface area contributed by atoms with Crippen LogP contribution in [0.2, 0.25) is 0 Å². The van der Waals surface area contributed by atoms with Crippen LogP contribution < -0.4 is 5.32 Å². The summed E-state index contributed by atoms with van der Waals surface area (Å²) in [4.78, 5) is 19.0. The van der Waals surface area contributed by atoms with Gasteiger partial charge in [-0.05, 0) is 49.4 Å². The first-order chi connectivity index (χ1) is 12.1. The van der Waals surface area contributed by atoms with Crippen LogP contribution in [0.1, 0.15) is 31.7 Å². The molecule has 1 aromatic carbocycles. The van der Waals surface area contributed by atoms with Gasteiger partial charge in [0, 0.05) is 25.7 Å². The number of nitrogens with one attached hydrogen (secondary N) is 1. The monoisotopic (exact) mass is 357 g/mol. The van der Waals surface area contributed by atoms with Crippen molar-refractivity contribution in [1.29, 1.82) is 0 Å². The molecule has 2 atom stereocenters. The second-order valence-electron chi connectivity index (χ2n) is 7.20. The van der Waals surface area contributed by atoms with Gasteiger partial charge in [0.05, 0.1) is 10.2 Å². The van der Waals surface area contributed by atoms with Gasteiger partial charge in [-0.2, -0.15) is 0 Å². The first-order valence-corrected chi connectivity index (χ1v) is 9.95. The van der Waals surface area contributed by atoms with Gasteiger partial charge in [-0.3, -0.25) is 4.79 Å². The van der Waals surface area contributed by atoms with Crippen LogP contribution in [-0.2, 0) is 4.79 Å². The van der Waals surface area contributed by atoms with E-state index < -0.39 is 0 Å². The van der Waals surface area contributed by atoms with Gasteiger partial charge in [0.2, 0.25) is 5.91 Å². The fourth-order valence-corrected chi connectivity index (χ4v) is 4.53. The first kappa shape index (κ1) is 18.1. The zero-order valence-electron chi connectivity index (χ0n) is 15.1. The number of para-hydroxylation sites is 1. The van der Waals surface area contributed by atoms with Crippen LogP contribution in [0.3, 0.4) is 0 Å². The van der Waals surface area contributed by atoms with Crippen molar-refractivity contribution in [1.82, 2.24) is 15.2 Å². The van der Waals surface area contributed by atoms with E-state index in [0.717, 1.165) is 46.6 Å². The van der Waals surface area contributed by atoms with Crippen LogP contribution in [0, 0.1) is 11.8 Å². The van der Waals surface area contributed by atoms with Crippen molar-refractivity contribution in [2.45, 2.75) is 26.7 Å². The molecule has 0 radical (unpaired) electrons. The average Bonchev–Trinajstić information content (AvgIpc) is 2.99. The third-order valence-corrected chi connectivity index (χ3v) is 5.58. The summed E-state index contributed by atoms with van der Waals surface area (Å²) in [5.41, 5.74) is 0.984. The number of carbonyl (C=O) groups is 1. The van der Waals surface area contributed by atoms with E-state index in [9.17, 15) is 4.79 Å². The molecule has 0 aliphatic carbocycles. The summed E-state index contributed by atoms with van der Waals surface area (Å²) in [5.74, 6) is 1.53. The Labute approximate surface area is 153 Å². The van der Waals surface area contributed by atoms with Crippen molar-refractivity contribution in [3.8, 4) is 0 Å². The van der Waals surface area contributed by atoms with E-state index >= 15 is 0 Å². The number of nitrogens with zero attached hydrogens (tertiary/aromatic N) is 2. The molecule has 0 bridgehead atoms. The normalized spacial score (nSPS) is 21.8. The van der Waals surface area contributed by atoms with E-state index in [2.05, 4.69) is 29.0 Å². The number of thiazole rings is 1. The minimum Gasteiger partial charge on any atom is -0.353 e. The Bertz CT molecular complexity index is 696. The van der Waals surface area contributed by atoms with Crippen molar-refractivity contribution < 1.29 is 4.79 Å². The molecule has 1 aromatic heterocycles. The molecule has 5 heteroatoms. The second kappa shape index (κ2) is 8.59. The third kappa shape index (κ3) is 5.38. The molecule has 3 rings (SSSR count). The van der Waals surface area contributed by atoms with Crippen molar-refractivity contribution in [2.75, 3.05) is 26.2 Å². The maximum atomic E-state index is 12.0. The molecule has 2 heterocycles. The second-order valence-corrected chi connectivity index (χ2v) is 8.27. The lowest BCUT2D eigenvalue weighted by Crippen LogP contribution is -2.40. The lowest BCUT2D eigenvalue weighted by molar-refractivity contribution is -0.116. The predicted octanol–water partition coefficient (Wildman–Crippen LogP) is 3.79. The highest BCUT2D eigenvalue weighted by molar-refractivity contribution is 7.19. The van der Waals surface area contributed by atoms with Crippen molar-refractivity contribution in [3.05, 3.63) is 35.3 Å². The molecule has 2 aromatic rings. The van der Waals surface area contributed by atoms with Crippen LogP contribution in [0.5, 0.6) is 0 Å². The molecular formula is C20H27N3OS. The quantitative estimate of drug-likeness (QED) is 0.632. The Hall–Kier alpha value is -1.72. The summed E-state index contributed by atoms with van der Waals surface area (Å²) >= 11 is 1.60. The molecular weight excluding hydrogens is 330 g/mol. The Kier molecular flexibility index (Phi) is 6.21. The maximum absolute atomic E-state index is 12.0. The van der Waals surface area contributed by atoms with Crippen LogP contribution >= 0.6 is 11.3 Å². The summed E-state index contributed by atoms with van der Waals surface area (Å²) in [6.45, 7) is 8.83. The molecule has 1 aliphatic rings. The molecule has 134 valence electrons. The smallest absolute Gasteiger partial charge is 0.244 e. The molecule has 1 aliphatic heterocycles. The van der Waals surface area contributed by atoms with Gasteiger partial charge in [-0.15, -0.1) is 11.3 Å². The molecule has 1 fully saturated rings. The van der Waals surface area contributed by atoms with Crippen molar-refractivity contribution in [2.24, 2.45) is 11.8 Å². The number of hydrogen-bond donors (Lipinski definition) is 1. The van der Waals surface area contributed by atoms with E-state index in [-0.39, 0.29) is 5.91 Å². The van der Waals surface area contributed by atoms with Crippen molar-refractivity contribution in [3.63, 3.8) is 0 Å². The molecule has 25 heavy (non-hydrogen) atoms. The SMILES string of the molecule is CC1CC(C)CN(CCCNC(=O)/C=C/c2nc3ccccc3s2)C1. The molecule has 0 spiro atoms. The molecule has 2 unspecified atom stereocenters. The number of hydrogen-bond acceptors (Lipinski definition) is 4. The Balaban J connectivity index is 1.39. The van der Waals surface area contributed by atoms with E-state index in [1.54, 1.807) is 23.5 Å². The van der Waals surface area contributed by atoms with Gasteiger partial charge in [0.25, 0.3) is 0 Å².